The molecule has 2 aromatic rings. The molecule has 1 aromatic heterocycles. The molecule has 1 fully saturated rings. The SMILES string of the molecule is Cc1cccc(C)c1-n1nnc(C(=O)NC[C@@H]2CCCO2)c1C. The number of hydrogen-bond acceptors (Lipinski definition) is 4. The highest BCUT2D eigenvalue weighted by atomic mass is 16.5. The second-order valence-electron chi connectivity index (χ2n) is 6.02. The maximum absolute atomic E-state index is 12.4. The number of carbonyl (C=O) groups is 1. The quantitative estimate of drug-likeness (QED) is 0.938. The first-order valence-electron chi connectivity index (χ1n) is 7.96. The van der Waals surface area contributed by atoms with Gasteiger partial charge in [-0.15, -0.1) is 5.10 Å². The highest BCUT2D eigenvalue weighted by Gasteiger charge is 2.21. The van der Waals surface area contributed by atoms with Crippen molar-refractivity contribution in [3.8, 4) is 5.69 Å². The Hall–Kier alpha value is -2.21. The Morgan fingerprint density at radius 2 is 2.09 bits per heavy atom. The summed E-state index contributed by atoms with van der Waals surface area (Å²) in [6, 6.07) is 6.07. The van der Waals surface area contributed by atoms with Crippen LogP contribution in [-0.4, -0.2) is 40.2 Å². The molecule has 0 aliphatic carbocycles. The van der Waals surface area contributed by atoms with E-state index in [1.807, 2.05) is 39.0 Å². The molecule has 1 aromatic carbocycles. The van der Waals surface area contributed by atoms with Gasteiger partial charge in [0.2, 0.25) is 0 Å². The number of carbonyl (C=O) groups excluding carboxylic acids is 1. The van der Waals surface area contributed by atoms with E-state index in [4.69, 9.17) is 4.74 Å². The van der Waals surface area contributed by atoms with E-state index in [1.54, 1.807) is 4.68 Å². The summed E-state index contributed by atoms with van der Waals surface area (Å²) >= 11 is 0. The topological polar surface area (TPSA) is 69.0 Å². The fourth-order valence-electron chi connectivity index (χ4n) is 2.99. The molecule has 3 rings (SSSR count). The van der Waals surface area contributed by atoms with Crippen LogP contribution in [0.25, 0.3) is 5.69 Å². The summed E-state index contributed by atoms with van der Waals surface area (Å²) in [6.07, 6.45) is 2.17. The van der Waals surface area contributed by atoms with E-state index in [9.17, 15) is 4.79 Å². The van der Waals surface area contributed by atoms with Crippen LogP contribution in [-0.2, 0) is 4.74 Å². The number of para-hydroxylation sites is 1. The van der Waals surface area contributed by atoms with E-state index in [1.165, 1.54) is 0 Å². The standard InChI is InChI=1S/C17H22N4O2/c1-11-6-4-7-12(2)16(11)21-13(3)15(19-20-21)17(22)18-10-14-8-5-9-23-14/h4,6-7,14H,5,8-10H2,1-3H3,(H,18,22)/t14-/m0/s1. The van der Waals surface area contributed by atoms with Crippen molar-refractivity contribution in [1.82, 2.24) is 20.3 Å². The molecule has 2 heterocycles. The summed E-state index contributed by atoms with van der Waals surface area (Å²) in [7, 11) is 0. The molecule has 122 valence electrons. The first-order chi connectivity index (χ1) is 11.1. The van der Waals surface area contributed by atoms with Crippen LogP contribution in [0.15, 0.2) is 18.2 Å². The van der Waals surface area contributed by atoms with Crippen molar-refractivity contribution in [3.63, 3.8) is 0 Å². The molecule has 6 heteroatoms. The van der Waals surface area contributed by atoms with Gasteiger partial charge in [-0.05, 0) is 44.7 Å². The molecular formula is C17H22N4O2. The summed E-state index contributed by atoms with van der Waals surface area (Å²) in [4.78, 5) is 12.4. The number of hydrogen-bond donors (Lipinski definition) is 1. The Kier molecular flexibility index (Phi) is 4.43. The Balaban J connectivity index is 1.80. The third-order valence-electron chi connectivity index (χ3n) is 4.28. The lowest BCUT2D eigenvalue weighted by atomic mass is 10.1. The van der Waals surface area contributed by atoms with Crippen LogP contribution in [0.1, 0.15) is 40.2 Å². The lowest BCUT2D eigenvalue weighted by Crippen LogP contribution is -2.32. The van der Waals surface area contributed by atoms with Gasteiger partial charge in [-0.25, -0.2) is 4.68 Å². The molecule has 1 aliphatic rings. The molecule has 1 atom stereocenters. The third kappa shape index (κ3) is 3.12. The van der Waals surface area contributed by atoms with Crippen molar-refractivity contribution >= 4 is 5.91 Å². The highest BCUT2D eigenvalue weighted by molar-refractivity contribution is 5.93. The first-order valence-corrected chi connectivity index (χ1v) is 7.96. The molecule has 0 bridgehead atoms. The molecule has 0 saturated carbocycles. The summed E-state index contributed by atoms with van der Waals surface area (Å²) in [5, 5.41) is 11.2. The largest absolute Gasteiger partial charge is 0.376 e. The van der Waals surface area contributed by atoms with E-state index in [0.717, 1.165) is 42.0 Å². The Morgan fingerprint density at radius 3 is 2.74 bits per heavy atom. The number of amides is 1. The molecule has 1 aliphatic heterocycles. The zero-order valence-electron chi connectivity index (χ0n) is 13.8. The van der Waals surface area contributed by atoms with E-state index in [2.05, 4.69) is 15.6 Å². The molecule has 1 saturated heterocycles. The first kappa shape index (κ1) is 15.7. The zero-order valence-corrected chi connectivity index (χ0v) is 13.8. The van der Waals surface area contributed by atoms with Crippen molar-refractivity contribution in [2.75, 3.05) is 13.2 Å². The predicted octanol–water partition coefficient (Wildman–Crippen LogP) is 2.10. The molecule has 1 N–H and O–H groups in total. The van der Waals surface area contributed by atoms with Gasteiger partial charge in [0, 0.05) is 13.2 Å². The van der Waals surface area contributed by atoms with Crippen LogP contribution in [0, 0.1) is 20.8 Å². The average molecular weight is 314 g/mol. The summed E-state index contributed by atoms with van der Waals surface area (Å²) in [5.41, 5.74) is 4.29. The van der Waals surface area contributed by atoms with Gasteiger partial charge in [0.05, 0.1) is 17.5 Å². The minimum atomic E-state index is -0.199. The van der Waals surface area contributed by atoms with Crippen LogP contribution < -0.4 is 5.32 Å². The highest BCUT2D eigenvalue weighted by Crippen LogP contribution is 2.20. The van der Waals surface area contributed by atoms with Gasteiger partial charge < -0.3 is 10.1 Å². The van der Waals surface area contributed by atoms with Gasteiger partial charge in [0.1, 0.15) is 0 Å². The third-order valence-corrected chi connectivity index (χ3v) is 4.28. The van der Waals surface area contributed by atoms with Crippen LogP contribution in [0.4, 0.5) is 0 Å². The van der Waals surface area contributed by atoms with Crippen LogP contribution in [0.5, 0.6) is 0 Å². The smallest absolute Gasteiger partial charge is 0.273 e. The summed E-state index contributed by atoms with van der Waals surface area (Å²) in [6.45, 7) is 7.23. The van der Waals surface area contributed by atoms with E-state index < -0.39 is 0 Å². The van der Waals surface area contributed by atoms with Gasteiger partial charge in [0.15, 0.2) is 5.69 Å². The lowest BCUT2D eigenvalue weighted by Gasteiger charge is -2.11. The molecule has 1 amide bonds. The van der Waals surface area contributed by atoms with Crippen molar-refractivity contribution in [1.29, 1.82) is 0 Å². The maximum atomic E-state index is 12.4. The second kappa shape index (κ2) is 6.50. The summed E-state index contributed by atoms with van der Waals surface area (Å²) < 4.78 is 7.26. The van der Waals surface area contributed by atoms with E-state index in [0.29, 0.717) is 12.2 Å². The molecule has 0 unspecified atom stereocenters. The van der Waals surface area contributed by atoms with E-state index in [-0.39, 0.29) is 12.0 Å². The number of aryl methyl sites for hydroxylation is 2. The lowest BCUT2D eigenvalue weighted by molar-refractivity contribution is 0.0853. The van der Waals surface area contributed by atoms with Crippen molar-refractivity contribution < 1.29 is 9.53 Å². The van der Waals surface area contributed by atoms with Crippen molar-refractivity contribution in [3.05, 3.63) is 40.7 Å². The minimum Gasteiger partial charge on any atom is -0.376 e. The van der Waals surface area contributed by atoms with Gasteiger partial charge in [-0.1, -0.05) is 23.4 Å². The maximum Gasteiger partial charge on any atom is 0.273 e. The number of aromatic nitrogens is 3. The Morgan fingerprint density at radius 1 is 1.35 bits per heavy atom. The second-order valence-corrected chi connectivity index (χ2v) is 6.02. The van der Waals surface area contributed by atoms with Crippen LogP contribution >= 0.6 is 0 Å². The van der Waals surface area contributed by atoms with Gasteiger partial charge in [0.25, 0.3) is 5.91 Å². The fourth-order valence-corrected chi connectivity index (χ4v) is 2.99. The molecule has 23 heavy (non-hydrogen) atoms. The average Bonchev–Trinajstić information content (AvgIpc) is 3.15. The van der Waals surface area contributed by atoms with Gasteiger partial charge in [-0.3, -0.25) is 4.79 Å². The predicted molar refractivity (Wildman–Crippen MR) is 86.9 cm³/mol. The normalized spacial score (nSPS) is 17.4. The monoisotopic (exact) mass is 314 g/mol. The van der Waals surface area contributed by atoms with Crippen molar-refractivity contribution in [2.45, 2.75) is 39.7 Å². The van der Waals surface area contributed by atoms with E-state index >= 15 is 0 Å². The Bertz CT molecular complexity index is 697. The fraction of sp³-hybridized carbons (Fsp3) is 0.471. The van der Waals surface area contributed by atoms with Gasteiger partial charge in [-0.2, -0.15) is 0 Å². The molecule has 0 spiro atoms. The molecular weight excluding hydrogens is 292 g/mol. The number of nitrogens with zero attached hydrogens (tertiary/aromatic N) is 3. The number of ether oxygens (including phenoxy) is 1. The Labute approximate surface area is 135 Å². The molecule has 0 radical (unpaired) electrons. The van der Waals surface area contributed by atoms with Crippen molar-refractivity contribution in [2.24, 2.45) is 0 Å². The van der Waals surface area contributed by atoms with Gasteiger partial charge >= 0.3 is 0 Å². The van der Waals surface area contributed by atoms with Crippen LogP contribution in [0.3, 0.4) is 0 Å². The molecule has 6 nitrogen and oxygen atoms in total. The zero-order chi connectivity index (χ0) is 16.4. The summed E-state index contributed by atoms with van der Waals surface area (Å²) in [5.74, 6) is -0.199. The minimum absolute atomic E-state index is 0.118. The van der Waals surface area contributed by atoms with Crippen LogP contribution in [0.2, 0.25) is 0 Å². The number of benzene rings is 1. The number of rotatable bonds is 4. The number of nitrogens with one attached hydrogen (secondary N) is 1.